The number of nitrogens with zero attached hydrogens (tertiary/aromatic N) is 1. The molecule has 2 amide bonds. The Hall–Kier alpha value is -2.17. The molecule has 0 bridgehead atoms. The van der Waals surface area contributed by atoms with Gasteiger partial charge in [0.1, 0.15) is 0 Å². The molecule has 110 valence electrons. The molecule has 1 saturated heterocycles. The molecule has 1 heterocycles. The predicted molar refractivity (Wildman–Crippen MR) is 73.3 cm³/mol. The molecule has 1 aromatic rings. The fourth-order valence-electron chi connectivity index (χ4n) is 3.56. The quantitative estimate of drug-likeness (QED) is 0.759. The molecule has 1 saturated carbocycles. The summed E-state index contributed by atoms with van der Waals surface area (Å²) in [5.74, 6) is -2.05. The van der Waals surface area contributed by atoms with Crippen LogP contribution in [0.15, 0.2) is 24.3 Å². The maximum Gasteiger partial charge on any atom is 0.237 e. The first-order valence-corrected chi connectivity index (χ1v) is 7.20. The van der Waals surface area contributed by atoms with Crippen LogP contribution in [0.3, 0.4) is 0 Å². The molecular weight excluding hydrogens is 270 g/mol. The highest BCUT2D eigenvalue weighted by Gasteiger charge is 2.51. The fourth-order valence-corrected chi connectivity index (χ4v) is 3.56. The number of rotatable bonds is 2. The first-order valence-electron chi connectivity index (χ1n) is 7.20. The summed E-state index contributed by atoms with van der Waals surface area (Å²) in [5, 5.41) is 10.9. The maximum absolute atomic E-state index is 12.6. The zero-order valence-electron chi connectivity index (χ0n) is 11.7. The number of aromatic carboxylic acids is 1. The van der Waals surface area contributed by atoms with Gasteiger partial charge in [0.05, 0.1) is 23.5 Å². The van der Waals surface area contributed by atoms with E-state index >= 15 is 0 Å². The van der Waals surface area contributed by atoms with Crippen LogP contribution in [0.1, 0.15) is 36.5 Å². The van der Waals surface area contributed by atoms with Gasteiger partial charge in [0.15, 0.2) is 0 Å². The van der Waals surface area contributed by atoms with Gasteiger partial charge in [0.25, 0.3) is 0 Å². The summed E-state index contributed by atoms with van der Waals surface area (Å²) in [6, 6.07) is 5.82. The number of fused-ring (bicyclic) bond motifs is 1. The second-order valence-corrected chi connectivity index (χ2v) is 5.89. The Bertz CT molecular complexity index is 624. The molecule has 0 spiro atoms. The lowest BCUT2D eigenvalue weighted by Gasteiger charge is -2.27. The van der Waals surface area contributed by atoms with Crippen LogP contribution in [0.5, 0.6) is 0 Å². The molecule has 0 unspecified atom stereocenters. The lowest BCUT2D eigenvalue weighted by molar-refractivity contribution is -0.255. The highest BCUT2D eigenvalue weighted by atomic mass is 16.4. The van der Waals surface area contributed by atoms with Crippen LogP contribution in [0.4, 0.5) is 5.69 Å². The predicted octanol–water partition coefficient (Wildman–Crippen LogP) is 0.976. The molecule has 0 N–H and O–H groups in total. The number of hydrogen-bond acceptors (Lipinski definition) is 4. The molecule has 3 atom stereocenters. The number of carboxylic acid groups (broad SMARTS) is 1. The van der Waals surface area contributed by atoms with Gasteiger partial charge in [-0.1, -0.05) is 25.5 Å². The van der Waals surface area contributed by atoms with Gasteiger partial charge in [-0.05, 0) is 36.5 Å². The number of carbonyl (C=O) groups excluding carboxylic acids is 3. The normalized spacial score (nSPS) is 28.6. The molecule has 0 aromatic heterocycles. The van der Waals surface area contributed by atoms with Crippen LogP contribution in [0.25, 0.3) is 0 Å². The van der Waals surface area contributed by atoms with E-state index in [2.05, 4.69) is 0 Å². The minimum absolute atomic E-state index is 0.0315. The van der Waals surface area contributed by atoms with Crippen molar-refractivity contribution in [3.05, 3.63) is 29.8 Å². The zero-order valence-corrected chi connectivity index (χ0v) is 11.7. The summed E-state index contributed by atoms with van der Waals surface area (Å²) in [6.45, 7) is 2.00. The molecule has 2 aliphatic rings. The van der Waals surface area contributed by atoms with Crippen molar-refractivity contribution in [1.29, 1.82) is 0 Å². The molecule has 5 nitrogen and oxygen atoms in total. The number of imide groups is 1. The van der Waals surface area contributed by atoms with E-state index in [1.165, 1.54) is 18.2 Å². The second kappa shape index (κ2) is 4.98. The van der Waals surface area contributed by atoms with Gasteiger partial charge in [0.2, 0.25) is 11.8 Å². The molecule has 1 aliphatic heterocycles. The van der Waals surface area contributed by atoms with Gasteiger partial charge in [-0.2, -0.15) is 0 Å². The summed E-state index contributed by atoms with van der Waals surface area (Å²) >= 11 is 0. The van der Waals surface area contributed by atoms with Crippen LogP contribution in [0, 0.1) is 17.8 Å². The third kappa shape index (κ3) is 2.13. The van der Waals surface area contributed by atoms with Crippen LogP contribution in [0.2, 0.25) is 0 Å². The highest BCUT2D eigenvalue weighted by molar-refractivity contribution is 6.22. The van der Waals surface area contributed by atoms with Crippen molar-refractivity contribution >= 4 is 23.5 Å². The number of hydrogen-bond donors (Lipinski definition) is 0. The lowest BCUT2D eigenvalue weighted by atomic mass is 9.74. The van der Waals surface area contributed by atoms with Crippen molar-refractivity contribution < 1.29 is 19.5 Å². The Morgan fingerprint density at radius 2 is 2.00 bits per heavy atom. The number of carbonyl (C=O) groups is 3. The monoisotopic (exact) mass is 286 g/mol. The van der Waals surface area contributed by atoms with E-state index in [4.69, 9.17) is 0 Å². The Kier molecular flexibility index (Phi) is 3.27. The summed E-state index contributed by atoms with van der Waals surface area (Å²) in [5.41, 5.74) is 0.296. The van der Waals surface area contributed by atoms with E-state index in [0.29, 0.717) is 5.69 Å². The summed E-state index contributed by atoms with van der Waals surface area (Å²) in [7, 11) is 0. The summed E-state index contributed by atoms with van der Waals surface area (Å²) < 4.78 is 0. The van der Waals surface area contributed by atoms with Gasteiger partial charge in [-0.15, -0.1) is 0 Å². The van der Waals surface area contributed by atoms with Gasteiger partial charge in [0, 0.05) is 0 Å². The van der Waals surface area contributed by atoms with E-state index < -0.39 is 5.97 Å². The SMILES string of the molecule is C[C@@H]1CCC[C@H]2C(=O)N(c3cccc(C(=O)[O-])c3)C(=O)[C@H]12. The molecule has 3 rings (SSSR count). The van der Waals surface area contributed by atoms with Crippen LogP contribution < -0.4 is 10.0 Å². The van der Waals surface area contributed by atoms with Crippen molar-refractivity contribution in [2.45, 2.75) is 26.2 Å². The summed E-state index contributed by atoms with van der Waals surface area (Å²) in [6.07, 6.45) is 2.64. The molecule has 1 aromatic carbocycles. The third-order valence-corrected chi connectivity index (χ3v) is 4.60. The number of carboxylic acids is 1. The topological polar surface area (TPSA) is 77.5 Å². The van der Waals surface area contributed by atoms with Crippen molar-refractivity contribution in [2.24, 2.45) is 17.8 Å². The van der Waals surface area contributed by atoms with Crippen molar-refractivity contribution in [3.8, 4) is 0 Å². The van der Waals surface area contributed by atoms with Crippen molar-refractivity contribution in [3.63, 3.8) is 0 Å². The molecule has 0 radical (unpaired) electrons. The average Bonchev–Trinajstić information content (AvgIpc) is 2.72. The van der Waals surface area contributed by atoms with E-state index in [-0.39, 0.29) is 35.1 Å². The Morgan fingerprint density at radius 3 is 2.67 bits per heavy atom. The van der Waals surface area contributed by atoms with E-state index in [9.17, 15) is 19.5 Å². The first-order chi connectivity index (χ1) is 10.0. The molecule has 21 heavy (non-hydrogen) atoms. The Morgan fingerprint density at radius 1 is 1.24 bits per heavy atom. The average molecular weight is 286 g/mol. The second-order valence-electron chi connectivity index (χ2n) is 5.89. The van der Waals surface area contributed by atoms with E-state index in [1.54, 1.807) is 6.07 Å². The van der Waals surface area contributed by atoms with Gasteiger partial charge >= 0.3 is 0 Å². The largest absolute Gasteiger partial charge is 0.545 e. The Labute approximate surface area is 122 Å². The maximum atomic E-state index is 12.6. The van der Waals surface area contributed by atoms with Crippen molar-refractivity contribution in [2.75, 3.05) is 4.90 Å². The van der Waals surface area contributed by atoms with Crippen LogP contribution >= 0.6 is 0 Å². The van der Waals surface area contributed by atoms with Crippen LogP contribution in [-0.4, -0.2) is 17.8 Å². The number of benzene rings is 1. The zero-order chi connectivity index (χ0) is 15.1. The first kappa shape index (κ1) is 13.8. The molecule has 2 fully saturated rings. The molecule has 1 aliphatic carbocycles. The Balaban J connectivity index is 1.99. The number of amides is 2. The van der Waals surface area contributed by atoms with Gasteiger partial charge < -0.3 is 9.90 Å². The van der Waals surface area contributed by atoms with Gasteiger partial charge in [-0.25, -0.2) is 0 Å². The lowest BCUT2D eigenvalue weighted by Crippen LogP contribution is -2.32. The standard InChI is InChI=1S/C16H17NO4/c1-9-4-2-7-12-13(9)15(19)17(14(12)18)11-6-3-5-10(8-11)16(20)21/h3,5-6,8-9,12-13H,2,4,7H2,1H3,(H,20,21)/p-1/t9-,12-,13-/m1/s1. The smallest absolute Gasteiger partial charge is 0.237 e. The minimum atomic E-state index is -1.32. The van der Waals surface area contributed by atoms with E-state index in [1.807, 2.05) is 6.92 Å². The highest BCUT2D eigenvalue weighted by Crippen LogP contribution is 2.43. The molecule has 5 heteroatoms. The number of anilines is 1. The van der Waals surface area contributed by atoms with Crippen molar-refractivity contribution in [1.82, 2.24) is 0 Å². The fraction of sp³-hybridized carbons (Fsp3) is 0.438. The van der Waals surface area contributed by atoms with E-state index in [0.717, 1.165) is 24.2 Å². The summed E-state index contributed by atoms with van der Waals surface area (Å²) in [4.78, 5) is 37.2. The molecular formula is C16H16NO4-. The van der Waals surface area contributed by atoms with Gasteiger partial charge in [-0.3, -0.25) is 14.5 Å². The van der Waals surface area contributed by atoms with Crippen LogP contribution in [-0.2, 0) is 9.59 Å². The minimum Gasteiger partial charge on any atom is -0.545 e. The third-order valence-electron chi connectivity index (χ3n) is 4.60.